The van der Waals surface area contributed by atoms with Crippen molar-refractivity contribution in [1.82, 2.24) is 0 Å². The lowest BCUT2D eigenvalue weighted by Gasteiger charge is -2.06. The average Bonchev–Trinajstić information content (AvgIpc) is 2.07. The molecule has 0 saturated carbocycles. The predicted molar refractivity (Wildman–Crippen MR) is 44.3 cm³/mol. The number of carbonyl (C=O) groups is 1. The van der Waals surface area contributed by atoms with E-state index in [9.17, 15) is 9.18 Å². The zero-order chi connectivity index (χ0) is 9.84. The van der Waals surface area contributed by atoms with E-state index in [1.807, 2.05) is 0 Å². The Hall–Kier alpha value is -1.58. The molecule has 0 N–H and O–H groups in total. The number of hydrogen-bond donors (Lipinski definition) is 0. The van der Waals surface area contributed by atoms with Crippen LogP contribution in [0.25, 0.3) is 0 Å². The molecule has 3 nitrogen and oxygen atoms in total. The third-order valence-electron chi connectivity index (χ3n) is 1.38. The second kappa shape index (κ2) is 3.89. The molecular formula is C9H9FO3. The first-order valence-corrected chi connectivity index (χ1v) is 3.65. The summed E-state index contributed by atoms with van der Waals surface area (Å²) in [4.78, 5) is 10.6. The van der Waals surface area contributed by atoms with Crippen LogP contribution in [0.4, 0.5) is 4.39 Å². The van der Waals surface area contributed by atoms with Crippen molar-refractivity contribution in [3.05, 3.63) is 24.0 Å². The molecule has 1 aromatic carbocycles. The Morgan fingerprint density at radius 1 is 1.38 bits per heavy atom. The summed E-state index contributed by atoms with van der Waals surface area (Å²) in [5.41, 5.74) is 0. The summed E-state index contributed by atoms with van der Waals surface area (Å²) in [5.74, 6) is -0.482. The molecule has 1 rings (SSSR count). The molecule has 0 unspecified atom stereocenters. The van der Waals surface area contributed by atoms with E-state index < -0.39 is 11.8 Å². The third-order valence-corrected chi connectivity index (χ3v) is 1.38. The van der Waals surface area contributed by atoms with E-state index in [-0.39, 0.29) is 11.5 Å². The number of ether oxygens (including phenoxy) is 2. The van der Waals surface area contributed by atoms with Gasteiger partial charge in [0.15, 0.2) is 11.5 Å². The minimum Gasteiger partial charge on any atom is -0.493 e. The minimum absolute atomic E-state index is 0.204. The van der Waals surface area contributed by atoms with Crippen LogP contribution in [0.15, 0.2) is 18.2 Å². The van der Waals surface area contributed by atoms with Gasteiger partial charge in [0.25, 0.3) is 0 Å². The molecule has 0 aliphatic heterocycles. The maximum atomic E-state index is 12.7. The van der Waals surface area contributed by atoms with Gasteiger partial charge in [0.2, 0.25) is 0 Å². The zero-order valence-corrected chi connectivity index (χ0v) is 7.33. The van der Waals surface area contributed by atoms with E-state index in [0.29, 0.717) is 0 Å². The lowest BCUT2D eigenvalue weighted by Crippen LogP contribution is -2.03. The Morgan fingerprint density at radius 3 is 2.62 bits per heavy atom. The fourth-order valence-electron chi connectivity index (χ4n) is 0.881. The van der Waals surface area contributed by atoms with Gasteiger partial charge in [-0.2, -0.15) is 0 Å². The van der Waals surface area contributed by atoms with Crippen molar-refractivity contribution in [1.29, 1.82) is 0 Å². The van der Waals surface area contributed by atoms with Crippen molar-refractivity contribution >= 4 is 5.97 Å². The first kappa shape index (κ1) is 9.51. The SMILES string of the molecule is COc1cc(F)ccc1OC(C)=O. The standard InChI is InChI=1S/C9H9FO3/c1-6(11)13-8-4-3-7(10)5-9(8)12-2/h3-5H,1-2H3. The number of carbonyl (C=O) groups excluding carboxylic acids is 1. The number of methoxy groups -OCH3 is 1. The van der Waals surface area contributed by atoms with Gasteiger partial charge in [-0.05, 0) is 12.1 Å². The van der Waals surface area contributed by atoms with E-state index in [2.05, 4.69) is 0 Å². The molecule has 0 heterocycles. The van der Waals surface area contributed by atoms with Crippen LogP contribution < -0.4 is 9.47 Å². The van der Waals surface area contributed by atoms with Crippen molar-refractivity contribution in [3.8, 4) is 11.5 Å². The lowest BCUT2D eigenvalue weighted by molar-refractivity contribution is -0.132. The highest BCUT2D eigenvalue weighted by Gasteiger charge is 2.07. The van der Waals surface area contributed by atoms with Gasteiger partial charge in [0, 0.05) is 13.0 Å². The van der Waals surface area contributed by atoms with E-state index in [4.69, 9.17) is 9.47 Å². The fourth-order valence-corrected chi connectivity index (χ4v) is 0.881. The second-order valence-corrected chi connectivity index (χ2v) is 2.39. The molecule has 13 heavy (non-hydrogen) atoms. The normalized spacial score (nSPS) is 9.46. The molecule has 0 spiro atoms. The molecular weight excluding hydrogens is 175 g/mol. The average molecular weight is 184 g/mol. The smallest absolute Gasteiger partial charge is 0.308 e. The maximum Gasteiger partial charge on any atom is 0.308 e. The van der Waals surface area contributed by atoms with E-state index >= 15 is 0 Å². The third kappa shape index (κ3) is 2.43. The zero-order valence-electron chi connectivity index (χ0n) is 7.33. The van der Waals surface area contributed by atoms with E-state index in [0.717, 1.165) is 6.07 Å². The van der Waals surface area contributed by atoms with Gasteiger partial charge in [0.05, 0.1) is 7.11 Å². The molecule has 0 radical (unpaired) electrons. The van der Waals surface area contributed by atoms with Gasteiger partial charge in [-0.3, -0.25) is 4.79 Å². The van der Waals surface area contributed by atoms with Crippen LogP contribution in [0.5, 0.6) is 11.5 Å². The topological polar surface area (TPSA) is 35.5 Å². The maximum absolute atomic E-state index is 12.7. The molecule has 0 bridgehead atoms. The molecule has 0 aromatic heterocycles. The van der Waals surface area contributed by atoms with Crippen LogP contribution in [0.2, 0.25) is 0 Å². The molecule has 0 amide bonds. The van der Waals surface area contributed by atoms with Gasteiger partial charge in [-0.1, -0.05) is 0 Å². The molecule has 4 heteroatoms. The Kier molecular flexibility index (Phi) is 2.84. The summed E-state index contributed by atoms with van der Waals surface area (Å²) in [5, 5.41) is 0. The van der Waals surface area contributed by atoms with Crippen molar-refractivity contribution < 1.29 is 18.7 Å². The Labute approximate surface area is 75.1 Å². The van der Waals surface area contributed by atoms with Crippen LogP contribution >= 0.6 is 0 Å². The Morgan fingerprint density at radius 2 is 2.08 bits per heavy atom. The van der Waals surface area contributed by atoms with Crippen LogP contribution in [0.1, 0.15) is 6.92 Å². The van der Waals surface area contributed by atoms with Crippen LogP contribution in [0.3, 0.4) is 0 Å². The number of esters is 1. The quantitative estimate of drug-likeness (QED) is 0.519. The molecule has 0 fully saturated rings. The number of halogens is 1. The highest BCUT2D eigenvalue weighted by molar-refractivity contribution is 5.70. The summed E-state index contributed by atoms with van der Waals surface area (Å²) in [6.07, 6.45) is 0. The second-order valence-electron chi connectivity index (χ2n) is 2.39. The molecule has 0 aliphatic carbocycles. The summed E-state index contributed by atoms with van der Waals surface area (Å²) < 4.78 is 22.2. The predicted octanol–water partition coefficient (Wildman–Crippen LogP) is 1.76. The number of rotatable bonds is 2. The van der Waals surface area contributed by atoms with Gasteiger partial charge in [-0.15, -0.1) is 0 Å². The summed E-state index contributed by atoms with van der Waals surface area (Å²) in [6.45, 7) is 1.27. The fraction of sp³-hybridized carbons (Fsp3) is 0.222. The van der Waals surface area contributed by atoms with Crippen LogP contribution in [0, 0.1) is 5.82 Å². The number of benzene rings is 1. The minimum atomic E-state index is -0.468. The van der Waals surface area contributed by atoms with Crippen molar-refractivity contribution in [2.45, 2.75) is 6.92 Å². The summed E-state index contributed by atoms with van der Waals surface area (Å²) >= 11 is 0. The molecule has 0 aliphatic rings. The Bertz CT molecular complexity index is 323. The lowest BCUT2D eigenvalue weighted by atomic mass is 10.3. The van der Waals surface area contributed by atoms with Crippen molar-refractivity contribution in [2.75, 3.05) is 7.11 Å². The molecule has 1 aromatic rings. The van der Waals surface area contributed by atoms with Crippen molar-refractivity contribution in [3.63, 3.8) is 0 Å². The van der Waals surface area contributed by atoms with Gasteiger partial charge >= 0.3 is 5.97 Å². The van der Waals surface area contributed by atoms with Crippen LogP contribution in [-0.4, -0.2) is 13.1 Å². The van der Waals surface area contributed by atoms with E-state index in [1.165, 1.54) is 26.2 Å². The van der Waals surface area contributed by atoms with Crippen molar-refractivity contribution in [2.24, 2.45) is 0 Å². The molecule has 70 valence electrons. The Balaban J connectivity index is 2.99. The highest BCUT2D eigenvalue weighted by atomic mass is 19.1. The summed E-state index contributed by atoms with van der Waals surface area (Å²) in [6, 6.07) is 3.69. The molecule has 0 saturated heterocycles. The molecule has 0 atom stereocenters. The van der Waals surface area contributed by atoms with Gasteiger partial charge < -0.3 is 9.47 Å². The largest absolute Gasteiger partial charge is 0.493 e. The first-order valence-electron chi connectivity index (χ1n) is 3.65. The highest BCUT2D eigenvalue weighted by Crippen LogP contribution is 2.27. The number of hydrogen-bond acceptors (Lipinski definition) is 3. The van der Waals surface area contributed by atoms with Gasteiger partial charge in [-0.25, -0.2) is 4.39 Å². The van der Waals surface area contributed by atoms with E-state index in [1.54, 1.807) is 0 Å². The first-order chi connectivity index (χ1) is 6.13. The monoisotopic (exact) mass is 184 g/mol. The van der Waals surface area contributed by atoms with Crippen LogP contribution in [-0.2, 0) is 4.79 Å². The summed E-state index contributed by atoms with van der Waals surface area (Å²) in [7, 11) is 1.38. The van der Waals surface area contributed by atoms with Gasteiger partial charge in [0.1, 0.15) is 5.82 Å².